The standard InChI is InChI=1S/C30H32FN3O/c1-20-27-19-32-34(24-13-11-23(31)12-14-24)28(27)18-22-10-15-26(29(20)22)30(35)33-16-6-5-9-25(33)17-21-7-3-2-4-8-21/h2-4,7-8,11-14,18-20,25-26,32H,5-6,9-10,15-17H2,1H3/t20-,25+,26-/m0/s1. The molecule has 180 valence electrons. The summed E-state index contributed by atoms with van der Waals surface area (Å²) >= 11 is 0. The van der Waals surface area contributed by atoms with Crippen molar-refractivity contribution >= 4 is 11.6 Å². The molecular weight excluding hydrogens is 437 g/mol. The van der Waals surface area contributed by atoms with Gasteiger partial charge in [0.15, 0.2) is 0 Å². The lowest BCUT2D eigenvalue weighted by Crippen LogP contribution is -2.47. The van der Waals surface area contributed by atoms with Crippen molar-refractivity contribution < 1.29 is 9.18 Å². The Bertz CT molecular complexity index is 1210. The van der Waals surface area contributed by atoms with Gasteiger partial charge in [0, 0.05) is 30.3 Å². The predicted octanol–water partition coefficient (Wildman–Crippen LogP) is 5.90. The third kappa shape index (κ3) is 3.97. The maximum atomic E-state index is 14.0. The fraction of sp³-hybridized carbons (Fsp3) is 0.367. The van der Waals surface area contributed by atoms with Crippen LogP contribution in [0.3, 0.4) is 0 Å². The molecule has 6 rings (SSSR count). The van der Waals surface area contributed by atoms with Gasteiger partial charge >= 0.3 is 0 Å². The minimum absolute atomic E-state index is 0.0325. The summed E-state index contributed by atoms with van der Waals surface area (Å²) in [6.45, 7) is 3.10. The van der Waals surface area contributed by atoms with Crippen molar-refractivity contribution in [2.75, 3.05) is 11.6 Å². The molecule has 2 aromatic rings. The molecule has 1 fully saturated rings. The van der Waals surface area contributed by atoms with Crippen LogP contribution in [0, 0.1) is 17.7 Å². The van der Waals surface area contributed by atoms with Crippen molar-refractivity contribution in [3.8, 4) is 0 Å². The molecule has 0 spiro atoms. The molecule has 1 amide bonds. The van der Waals surface area contributed by atoms with E-state index in [0.717, 1.165) is 50.0 Å². The number of benzene rings is 2. The molecule has 35 heavy (non-hydrogen) atoms. The highest BCUT2D eigenvalue weighted by Crippen LogP contribution is 2.48. The highest BCUT2D eigenvalue weighted by molar-refractivity contribution is 5.84. The SMILES string of the molecule is C[C@H]1C2=CNN(c3ccc(F)cc3)C2=CC2=C1[C@@H](C(=O)N1CCCC[C@@H]1Cc1ccccc1)CC2. The third-order valence-corrected chi connectivity index (χ3v) is 8.19. The maximum absolute atomic E-state index is 14.0. The second-order valence-electron chi connectivity index (χ2n) is 10.2. The number of piperidine rings is 1. The summed E-state index contributed by atoms with van der Waals surface area (Å²) in [6.07, 6.45) is 10.4. The number of carbonyl (C=O) groups is 1. The van der Waals surface area contributed by atoms with Gasteiger partial charge in [0.05, 0.1) is 17.3 Å². The highest BCUT2D eigenvalue weighted by atomic mass is 19.1. The first-order chi connectivity index (χ1) is 17.1. The van der Waals surface area contributed by atoms with Gasteiger partial charge in [-0.2, -0.15) is 0 Å². The lowest BCUT2D eigenvalue weighted by Gasteiger charge is -2.39. The van der Waals surface area contributed by atoms with Crippen LogP contribution in [0.25, 0.3) is 0 Å². The van der Waals surface area contributed by atoms with Gasteiger partial charge in [-0.3, -0.25) is 9.80 Å². The van der Waals surface area contributed by atoms with E-state index >= 15 is 0 Å². The monoisotopic (exact) mass is 469 g/mol. The topological polar surface area (TPSA) is 35.6 Å². The zero-order valence-corrected chi connectivity index (χ0v) is 20.2. The van der Waals surface area contributed by atoms with Gasteiger partial charge in [-0.1, -0.05) is 37.3 Å². The van der Waals surface area contributed by atoms with Crippen LogP contribution in [0.2, 0.25) is 0 Å². The molecule has 0 bridgehead atoms. The van der Waals surface area contributed by atoms with Crippen molar-refractivity contribution in [2.24, 2.45) is 11.8 Å². The van der Waals surface area contributed by atoms with E-state index in [1.165, 1.54) is 40.8 Å². The Balaban J connectivity index is 1.26. The van der Waals surface area contributed by atoms with E-state index in [4.69, 9.17) is 0 Å². The molecule has 2 aliphatic heterocycles. The van der Waals surface area contributed by atoms with E-state index in [1.807, 2.05) is 11.2 Å². The first-order valence-corrected chi connectivity index (χ1v) is 12.9. The molecule has 2 aromatic carbocycles. The molecule has 1 N–H and O–H groups in total. The minimum atomic E-state index is -0.238. The zero-order chi connectivity index (χ0) is 23.9. The number of halogens is 1. The molecule has 4 nitrogen and oxygen atoms in total. The Kier molecular flexibility index (Phi) is 5.71. The summed E-state index contributed by atoms with van der Waals surface area (Å²) in [6, 6.07) is 17.4. The van der Waals surface area contributed by atoms with E-state index < -0.39 is 0 Å². The number of carbonyl (C=O) groups excluding carboxylic acids is 1. The van der Waals surface area contributed by atoms with Crippen LogP contribution < -0.4 is 10.4 Å². The lowest BCUT2D eigenvalue weighted by molar-refractivity contribution is -0.138. The number of likely N-dealkylation sites (tertiary alicyclic amines) is 1. The first-order valence-electron chi connectivity index (χ1n) is 12.9. The molecule has 0 aromatic heterocycles. The summed E-state index contributed by atoms with van der Waals surface area (Å²) in [5.74, 6) is 0.227. The van der Waals surface area contributed by atoms with E-state index in [2.05, 4.69) is 53.7 Å². The lowest BCUT2D eigenvalue weighted by atomic mass is 9.79. The average Bonchev–Trinajstić information content (AvgIpc) is 3.50. The minimum Gasteiger partial charge on any atom is -0.339 e. The van der Waals surface area contributed by atoms with E-state index in [0.29, 0.717) is 5.91 Å². The number of amides is 1. The summed E-state index contributed by atoms with van der Waals surface area (Å²) in [7, 11) is 0. The summed E-state index contributed by atoms with van der Waals surface area (Å²) in [4.78, 5) is 16.2. The van der Waals surface area contributed by atoms with Gasteiger partial charge in [0.25, 0.3) is 0 Å². The number of nitrogens with zero attached hydrogens (tertiary/aromatic N) is 2. The number of fused-ring (bicyclic) bond motifs is 1. The van der Waals surface area contributed by atoms with Crippen molar-refractivity contribution in [3.63, 3.8) is 0 Å². The molecule has 0 unspecified atom stereocenters. The summed E-state index contributed by atoms with van der Waals surface area (Å²) < 4.78 is 13.5. The fourth-order valence-electron chi connectivity index (χ4n) is 6.44. The van der Waals surface area contributed by atoms with Gasteiger partial charge in [0.1, 0.15) is 5.82 Å². The molecule has 2 heterocycles. The predicted molar refractivity (Wildman–Crippen MR) is 137 cm³/mol. The maximum Gasteiger partial charge on any atom is 0.230 e. The summed E-state index contributed by atoms with van der Waals surface area (Å²) in [5, 5.41) is 2.02. The molecule has 5 heteroatoms. The molecule has 3 atom stereocenters. The van der Waals surface area contributed by atoms with E-state index in [9.17, 15) is 9.18 Å². The van der Waals surface area contributed by atoms with Crippen molar-refractivity contribution in [1.82, 2.24) is 10.3 Å². The van der Waals surface area contributed by atoms with Crippen molar-refractivity contribution in [3.05, 3.63) is 101 Å². The number of nitrogens with one attached hydrogen (secondary N) is 1. The second kappa shape index (κ2) is 9.03. The number of anilines is 1. The number of allylic oxidation sites excluding steroid dienone is 3. The van der Waals surface area contributed by atoms with Crippen molar-refractivity contribution in [1.29, 1.82) is 0 Å². The van der Waals surface area contributed by atoms with E-state index in [-0.39, 0.29) is 23.7 Å². The average molecular weight is 470 g/mol. The number of rotatable bonds is 4. The van der Waals surface area contributed by atoms with Crippen LogP contribution >= 0.6 is 0 Å². The molecule has 0 saturated carbocycles. The van der Waals surface area contributed by atoms with Gasteiger partial charge in [0.2, 0.25) is 5.91 Å². The smallest absolute Gasteiger partial charge is 0.230 e. The molecule has 0 radical (unpaired) electrons. The third-order valence-electron chi connectivity index (χ3n) is 8.19. The Morgan fingerprint density at radius 3 is 2.66 bits per heavy atom. The molecular formula is C30H32FN3O. The van der Waals surface area contributed by atoms with Gasteiger partial charge < -0.3 is 10.3 Å². The van der Waals surface area contributed by atoms with Crippen LogP contribution in [0.4, 0.5) is 10.1 Å². The molecule has 4 aliphatic rings. The molecule has 2 aliphatic carbocycles. The summed E-state index contributed by atoms with van der Waals surface area (Å²) in [5.41, 5.74) is 10.5. The first kappa shape index (κ1) is 22.1. The van der Waals surface area contributed by atoms with Crippen LogP contribution in [0.5, 0.6) is 0 Å². The van der Waals surface area contributed by atoms with Gasteiger partial charge in [-0.25, -0.2) is 4.39 Å². The Morgan fingerprint density at radius 1 is 1.06 bits per heavy atom. The van der Waals surface area contributed by atoms with E-state index in [1.54, 1.807) is 12.1 Å². The second-order valence-corrected chi connectivity index (χ2v) is 10.2. The Labute approximate surface area is 206 Å². The Hall–Kier alpha value is -3.34. The van der Waals surface area contributed by atoms with Crippen LogP contribution in [-0.4, -0.2) is 23.4 Å². The van der Waals surface area contributed by atoms with Crippen LogP contribution in [-0.2, 0) is 11.2 Å². The largest absolute Gasteiger partial charge is 0.339 e. The molecule has 1 saturated heterocycles. The number of hydrogen-bond donors (Lipinski definition) is 1. The number of hydrogen-bond acceptors (Lipinski definition) is 3. The zero-order valence-electron chi connectivity index (χ0n) is 20.2. The fourth-order valence-corrected chi connectivity index (χ4v) is 6.44. The van der Waals surface area contributed by atoms with Crippen LogP contribution in [0.15, 0.2) is 89.3 Å². The van der Waals surface area contributed by atoms with Crippen molar-refractivity contribution in [2.45, 2.75) is 51.5 Å². The van der Waals surface area contributed by atoms with Gasteiger partial charge in [-0.05, 0) is 85.6 Å². The normalized spacial score (nSPS) is 25.6. The quantitative estimate of drug-likeness (QED) is 0.606. The Morgan fingerprint density at radius 2 is 1.86 bits per heavy atom. The van der Waals surface area contributed by atoms with Crippen LogP contribution in [0.1, 0.15) is 44.6 Å². The highest BCUT2D eigenvalue weighted by Gasteiger charge is 2.43. The number of hydrazine groups is 1. The van der Waals surface area contributed by atoms with Gasteiger partial charge in [-0.15, -0.1) is 0 Å².